The number of nitrogens with zero attached hydrogens (tertiary/aromatic N) is 3. The molecule has 4 aromatic rings. The van der Waals surface area contributed by atoms with Crippen molar-refractivity contribution in [2.45, 2.75) is 32.7 Å². The van der Waals surface area contributed by atoms with Crippen molar-refractivity contribution in [3.05, 3.63) is 52.8 Å². The molecule has 1 atom stereocenters. The van der Waals surface area contributed by atoms with Crippen LogP contribution in [0.2, 0.25) is 0 Å². The molecule has 1 unspecified atom stereocenters. The van der Waals surface area contributed by atoms with Gasteiger partial charge in [0.1, 0.15) is 5.82 Å². The highest BCUT2D eigenvalue weighted by Gasteiger charge is 2.22. The Morgan fingerprint density at radius 3 is 2.86 bits per heavy atom. The van der Waals surface area contributed by atoms with Crippen LogP contribution in [0.3, 0.4) is 0 Å². The number of carbonyl (C=O) groups is 1. The largest absolute Gasteiger partial charge is 0.421 e. The number of aromatic amines is 1. The normalized spacial score (nSPS) is 12.5. The van der Waals surface area contributed by atoms with E-state index in [1.807, 2.05) is 41.1 Å². The number of para-hydroxylation sites is 2. The van der Waals surface area contributed by atoms with Gasteiger partial charge in [-0.2, -0.15) is 11.3 Å². The second-order valence-electron chi connectivity index (χ2n) is 6.94. The van der Waals surface area contributed by atoms with Crippen LogP contribution < -0.4 is 5.32 Å². The van der Waals surface area contributed by atoms with E-state index in [0.29, 0.717) is 18.2 Å². The highest BCUT2D eigenvalue weighted by Crippen LogP contribution is 2.23. The lowest BCUT2D eigenvalue weighted by molar-refractivity contribution is -0.122. The predicted molar refractivity (Wildman–Crippen MR) is 108 cm³/mol. The van der Waals surface area contributed by atoms with Crippen molar-refractivity contribution in [1.82, 2.24) is 25.5 Å². The minimum absolute atomic E-state index is 0.0746. The number of carbonyl (C=O) groups excluding carboxylic acids is 1. The van der Waals surface area contributed by atoms with Gasteiger partial charge in [-0.3, -0.25) is 4.79 Å². The summed E-state index contributed by atoms with van der Waals surface area (Å²) in [6.45, 7) is 4.12. The maximum Gasteiger partial charge on any atom is 0.248 e. The summed E-state index contributed by atoms with van der Waals surface area (Å²) in [4.78, 5) is 20.5. The van der Waals surface area contributed by atoms with Gasteiger partial charge in [0.15, 0.2) is 0 Å². The zero-order chi connectivity index (χ0) is 19.5. The van der Waals surface area contributed by atoms with Gasteiger partial charge < -0.3 is 14.7 Å². The number of benzene rings is 1. The van der Waals surface area contributed by atoms with Crippen molar-refractivity contribution in [2.24, 2.45) is 5.92 Å². The number of aromatic nitrogens is 4. The molecule has 144 valence electrons. The monoisotopic (exact) mass is 395 g/mol. The second kappa shape index (κ2) is 7.93. The van der Waals surface area contributed by atoms with Crippen LogP contribution in [0, 0.1) is 5.92 Å². The molecule has 0 fully saturated rings. The first-order valence-corrected chi connectivity index (χ1v) is 10.1. The standard InChI is InChI=1S/C20H21N5O2S/c1-12(2)18(19-21-14-5-3-4-6-15(14)22-19)23-16(26)7-8-17-24-25-20(27-17)13-9-10-28-11-13/h3-6,9-12,18H,7-8H2,1-2H3,(H,21,22)(H,23,26). The summed E-state index contributed by atoms with van der Waals surface area (Å²) in [7, 11) is 0. The van der Waals surface area contributed by atoms with E-state index in [4.69, 9.17) is 4.42 Å². The summed E-state index contributed by atoms with van der Waals surface area (Å²) in [5.74, 6) is 1.83. The van der Waals surface area contributed by atoms with E-state index in [9.17, 15) is 4.79 Å². The molecule has 7 nitrogen and oxygen atoms in total. The Bertz CT molecular complexity index is 1030. The van der Waals surface area contributed by atoms with E-state index < -0.39 is 0 Å². The Kier molecular flexibility index (Phi) is 5.21. The lowest BCUT2D eigenvalue weighted by Gasteiger charge is -2.20. The molecule has 0 saturated heterocycles. The summed E-state index contributed by atoms with van der Waals surface area (Å²) in [6.07, 6.45) is 0.669. The molecule has 3 aromatic heterocycles. The molecule has 0 saturated carbocycles. The Hall–Kier alpha value is -3.00. The first-order chi connectivity index (χ1) is 13.6. The van der Waals surface area contributed by atoms with E-state index in [1.54, 1.807) is 11.3 Å². The number of rotatable bonds is 7. The molecule has 28 heavy (non-hydrogen) atoms. The number of hydrogen-bond donors (Lipinski definition) is 2. The molecule has 1 amide bonds. The fourth-order valence-electron chi connectivity index (χ4n) is 2.99. The molecule has 0 aliphatic rings. The van der Waals surface area contributed by atoms with Crippen LogP contribution in [-0.2, 0) is 11.2 Å². The summed E-state index contributed by atoms with van der Waals surface area (Å²) in [5.41, 5.74) is 2.76. The maximum absolute atomic E-state index is 12.5. The van der Waals surface area contributed by atoms with E-state index in [0.717, 1.165) is 22.4 Å². The third-order valence-electron chi connectivity index (χ3n) is 4.49. The van der Waals surface area contributed by atoms with Gasteiger partial charge in [0.25, 0.3) is 0 Å². The Balaban J connectivity index is 1.40. The SMILES string of the molecule is CC(C)C(NC(=O)CCc1nnc(-c2ccsc2)o1)c1nc2ccccc2[nH]1. The average Bonchev–Trinajstić information content (AvgIpc) is 3.43. The van der Waals surface area contributed by atoms with Crippen molar-refractivity contribution in [3.63, 3.8) is 0 Å². The molecule has 0 aliphatic carbocycles. The van der Waals surface area contributed by atoms with Gasteiger partial charge in [-0.05, 0) is 29.5 Å². The Morgan fingerprint density at radius 2 is 2.11 bits per heavy atom. The van der Waals surface area contributed by atoms with Gasteiger partial charge in [-0.1, -0.05) is 26.0 Å². The van der Waals surface area contributed by atoms with Gasteiger partial charge in [-0.25, -0.2) is 4.98 Å². The maximum atomic E-state index is 12.5. The second-order valence-corrected chi connectivity index (χ2v) is 7.72. The van der Waals surface area contributed by atoms with Crippen molar-refractivity contribution in [1.29, 1.82) is 0 Å². The van der Waals surface area contributed by atoms with Crippen LogP contribution >= 0.6 is 11.3 Å². The van der Waals surface area contributed by atoms with Gasteiger partial charge in [0.2, 0.25) is 17.7 Å². The summed E-state index contributed by atoms with van der Waals surface area (Å²) < 4.78 is 5.64. The van der Waals surface area contributed by atoms with Crippen LogP contribution in [0.15, 0.2) is 45.5 Å². The topological polar surface area (TPSA) is 96.7 Å². The number of thiophene rings is 1. The van der Waals surface area contributed by atoms with Crippen LogP contribution in [0.1, 0.15) is 38.0 Å². The zero-order valence-corrected chi connectivity index (χ0v) is 16.5. The zero-order valence-electron chi connectivity index (χ0n) is 15.7. The van der Waals surface area contributed by atoms with Gasteiger partial charge in [0, 0.05) is 23.8 Å². The fourth-order valence-corrected chi connectivity index (χ4v) is 3.62. The summed E-state index contributed by atoms with van der Waals surface area (Å²) >= 11 is 1.57. The summed E-state index contributed by atoms with van der Waals surface area (Å²) in [6, 6.07) is 9.58. The molecule has 0 radical (unpaired) electrons. The van der Waals surface area contributed by atoms with Gasteiger partial charge in [0.05, 0.1) is 17.1 Å². The third-order valence-corrected chi connectivity index (χ3v) is 5.17. The van der Waals surface area contributed by atoms with Crippen LogP contribution in [0.5, 0.6) is 0 Å². The molecule has 8 heteroatoms. The highest BCUT2D eigenvalue weighted by molar-refractivity contribution is 7.08. The van der Waals surface area contributed by atoms with E-state index >= 15 is 0 Å². The van der Waals surface area contributed by atoms with E-state index in [2.05, 4.69) is 39.3 Å². The lowest BCUT2D eigenvalue weighted by atomic mass is 10.0. The molecular weight excluding hydrogens is 374 g/mol. The predicted octanol–water partition coefficient (Wildman–Crippen LogP) is 4.12. The quantitative estimate of drug-likeness (QED) is 0.491. The average molecular weight is 395 g/mol. The van der Waals surface area contributed by atoms with Gasteiger partial charge in [-0.15, -0.1) is 10.2 Å². The Morgan fingerprint density at radius 1 is 1.25 bits per heavy atom. The molecule has 2 N–H and O–H groups in total. The molecule has 4 rings (SSSR count). The number of hydrogen-bond acceptors (Lipinski definition) is 6. The number of amides is 1. The molecule has 0 bridgehead atoms. The van der Waals surface area contributed by atoms with Crippen molar-refractivity contribution in [3.8, 4) is 11.5 Å². The lowest BCUT2D eigenvalue weighted by Crippen LogP contribution is -2.32. The minimum atomic E-state index is -0.191. The first kappa shape index (κ1) is 18.4. The molecule has 1 aromatic carbocycles. The third kappa shape index (κ3) is 3.96. The number of H-pyrrole nitrogens is 1. The first-order valence-electron chi connectivity index (χ1n) is 9.19. The smallest absolute Gasteiger partial charge is 0.248 e. The molecular formula is C20H21N5O2S. The molecule has 3 heterocycles. The van der Waals surface area contributed by atoms with Crippen molar-refractivity contribution >= 4 is 28.3 Å². The highest BCUT2D eigenvalue weighted by atomic mass is 32.1. The minimum Gasteiger partial charge on any atom is -0.421 e. The van der Waals surface area contributed by atoms with Crippen LogP contribution in [0.4, 0.5) is 0 Å². The van der Waals surface area contributed by atoms with Gasteiger partial charge >= 0.3 is 0 Å². The number of fused-ring (bicyclic) bond motifs is 1. The Labute approximate surface area is 166 Å². The molecule has 0 aliphatic heterocycles. The van der Waals surface area contributed by atoms with Crippen LogP contribution in [0.25, 0.3) is 22.5 Å². The summed E-state index contributed by atoms with van der Waals surface area (Å²) in [5, 5.41) is 15.1. The number of nitrogens with one attached hydrogen (secondary N) is 2. The van der Waals surface area contributed by atoms with Crippen LogP contribution in [-0.4, -0.2) is 26.1 Å². The van der Waals surface area contributed by atoms with Crippen molar-refractivity contribution < 1.29 is 9.21 Å². The van der Waals surface area contributed by atoms with E-state index in [-0.39, 0.29) is 24.3 Å². The number of aryl methyl sites for hydroxylation is 1. The van der Waals surface area contributed by atoms with E-state index in [1.165, 1.54) is 0 Å². The number of imidazole rings is 1. The molecule has 0 spiro atoms. The van der Waals surface area contributed by atoms with Crippen molar-refractivity contribution in [2.75, 3.05) is 0 Å². The fraction of sp³-hybridized carbons (Fsp3) is 0.300.